The second kappa shape index (κ2) is 54.4. The third kappa shape index (κ3) is 32.1. The molecule has 3 aromatic rings. The van der Waals surface area contributed by atoms with E-state index < -0.39 is 0 Å². The molecule has 5 fully saturated rings. The van der Waals surface area contributed by atoms with Crippen molar-refractivity contribution in [1.29, 1.82) is 0 Å². The normalized spacial score (nSPS) is 20.0. The third-order valence-corrected chi connectivity index (χ3v) is 32.7. The molecular weight excluding hydrogens is 1730 g/mol. The Balaban J connectivity index is 1.29. The molecule has 0 amide bonds. The maximum atomic E-state index is 6.27. The molecule has 23 nitrogen and oxygen atoms in total. The first kappa shape index (κ1) is 119. The fraction of sp³-hybridized carbons (Fsp3) is 0.838. The van der Waals surface area contributed by atoms with Crippen LogP contribution in [0.1, 0.15) is 432 Å². The van der Waals surface area contributed by atoms with Gasteiger partial charge in [-0.15, -0.1) is 32.9 Å². The van der Waals surface area contributed by atoms with E-state index in [0.29, 0.717) is 0 Å². The quantitative estimate of drug-likeness (QED) is 0.0387. The number of anilines is 9. The van der Waals surface area contributed by atoms with Crippen LogP contribution >= 0.6 is 0 Å². The zero-order chi connectivity index (χ0) is 103. The van der Waals surface area contributed by atoms with Crippen LogP contribution in [-0.2, 0) is 0 Å². The van der Waals surface area contributed by atoms with Gasteiger partial charge in [0.1, 0.15) is 0 Å². The van der Waals surface area contributed by atoms with E-state index in [1.165, 1.54) is 0 Å². The van der Waals surface area contributed by atoms with Crippen LogP contribution in [0, 0.1) is 0 Å². The van der Waals surface area contributed by atoms with Crippen LogP contribution in [0.2, 0.25) is 0 Å². The molecule has 0 atom stereocenters. The Morgan fingerprint density at radius 2 is 0.314 bits per heavy atom. The molecule has 798 valence electrons. The highest BCUT2D eigenvalue weighted by atomic mass is 15.5. The highest BCUT2D eigenvalue weighted by Crippen LogP contribution is 2.49. The van der Waals surface area contributed by atoms with Crippen molar-refractivity contribution in [2.24, 2.45) is 0 Å². The highest BCUT2D eigenvalue weighted by molar-refractivity contribution is 5.52. The summed E-state index contributed by atoms with van der Waals surface area (Å²) in [6.45, 7) is 108. The molecule has 5 saturated heterocycles. The first-order chi connectivity index (χ1) is 66.3. The van der Waals surface area contributed by atoms with E-state index in [2.05, 4.69) is 333 Å². The van der Waals surface area contributed by atoms with Gasteiger partial charge in [0.25, 0.3) is 0 Å². The van der Waals surface area contributed by atoms with Crippen molar-refractivity contribution in [3.8, 4) is 0 Å². The standard InChI is InChI=1S/C117H215N23/c1-35-49-71-127(72-50-36-2)99-118-100(128(73-51-37-3)74-52-38-4)121-103(120-99)132(95-86-110(19,20)137(67-45-11)111(21,22)87-95)80-62-58-60-64-82-134(97-90-114(27,28)139(69-47-13)115(29,30)91-97)106-124-105(131(79-57-43-9)94-84-108(15,16)136(66-44-10)109(17,18)85-94)125-107(126-106)135(98-92-116(31,32)140(70-48-14)117(33,34)93-98)83-65-61-59-63-81-133(96-88-112(23,24)138(68-46-12)113(25,26)89-96)104-122-101(129(75-53-39-5)76-54-40-6)119-102(123-104)130(77-55-41-7)78-56-42-8/h44-48,94-98H,10-14,35-43,49-93H2,1-9,15-34H3. The van der Waals surface area contributed by atoms with Crippen LogP contribution in [-0.4, -0.2) is 273 Å². The Kier molecular flexibility index (Phi) is 46.2. The van der Waals surface area contributed by atoms with Crippen molar-refractivity contribution in [1.82, 2.24) is 69.4 Å². The number of hydrogen-bond acceptors (Lipinski definition) is 23. The number of nitrogens with zero attached hydrogens (tertiary/aromatic N) is 23. The summed E-state index contributed by atoms with van der Waals surface area (Å²) in [4.78, 5) is 89.9. The van der Waals surface area contributed by atoms with E-state index in [1.54, 1.807) is 0 Å². The molecule has 0 aromatic carbocycles. The molecule has 0 bridgehead atoms. The maximum absolute atomic E-state index is 6.27. The number of piperidine rings is 5. The van der Waals surface area contributed by atoms with E-state index in [9.17, 15) is 0 Å². The molecular formula is C117H215N23. The fourth-order valence-corrected chi connectivity index (χ4v) is 26.2. The average molecular weight is 1940 g/mol. The largest absolute Gasteiger partial charge is 0.341 e. The monoisotopic (exact) mass is 1940 g/mol. The molecule has 0 radical (unpaired) electrons. The van der Waals surface area contributed by atoms with Crippen LogP contribution in [0.25, 0.3) is 0 Å². The smallest absolute Gasteiger partial charge is 0.232 e. The molecule has 5 aliphatic rings. The van der Waals surface area contributed by atoms with Crippen molar-refractivity contribution in [2.45, 2.75) is 518 Å². The Morgan fingerprint density at radius 3 is 0.450 bits per heavy atom. The van der Waals surface area contributed by atoms with Crippen LogP contribution in [0.4, 0.5) is 53.5 Å². The van der Waals surface area contributed by atoms with Gasteiger partial charge in [0.15, 0.2) is 0 Å². The van der Waals surface area contributed by atoms with Gasteiger partial charge >= 0.3 is 0 Å². The lowest BCUT2D eigenvalue weighted by atomic mass is 9.76. The number of aromatic nitrogens is 9. The number of unbranched alkanes of at least 4 members (excludes halogenated alkanes) is 15. The Morgan fingerprint density at radius 1 is 0.193 bits per heavy atom. The van der Waals surface area contributed by atoms with Gasteiger partial charge in [0, 0.05) is 203 Å². The van der Waals surface area contributed by atoms with Crippen LogP contribution in [0.5, 0.6) is 0 Å². The average Bonchev–Trinajstić information content (AvgIpc) is 0.680. The first-order valence-corrected chi connectivity index (χ1v) is 57.3. The molecule has 140 heavy (non-hydrogen) atoms. The van der Waals surface area contributed by atoms with Gasteiger partial charge in [-0.2, -0.15) is 44.9 Å². The fourth-order valence-electron chi connectivity index (χ4n) is 26.2. The Labute approximate surface area is 860 Å². The summed E-state index contributed by atoms with van der Waals surface area (Å²) in [5.41, 5.74) is -1.37. The lowest BCUT2D eigenvalue weighted by Gasteiger charge is -2.57. The van der Waals surface area contributed by atoms with Crippen molar-refractivity contribution in [2.75, 3.05) is 162 Å². The molecule has 0 N–H and O–H groups in total. The van der Waals surface area contributed by atoms with Gasteiger partial charge in [-0.3, -0.25) is 24.5 Å². The summed E-state index contributed by atoms with van der Waals surface area (Å²) in [6, 6.07) is 0.824. The van der Waals surface area contributed by atoms with Gasteiger partial charge in [-0.1, -0.05) is 176 Å². The van der Waals surface area contributed by atoms with Crippen molar-refractivity contribution < 1.29 is 0 Å². The highest BCUT2D eigenvalue weighted by Gasteiger charge is 2.54. The summed E-state index contributed by atoms with van der Waals surface area (Å²) >= 11 is 0. The molecule has 8 heterocycles. The molecule has 0 spiro atoms. The summed E-state index contributed by atoms with van der Waals surface area (Å²) < 4.78 is 0. The summed E-state index contributed by atoms with van der Waals surface area (Å²) in [6.07, 6.45) is 48.2. The number of hydrogen-bond donors (Lipinski definition) is 0. The van der Waals surface area contributed by atoms with E-state index >= 15 is 0 Å². The second-order valence-electron chi connectivity index (χ2n) is 49.6. The molecule has 5 aliphatic heterocycles. The molecule has 3 aromatic heterocycles. The summed E-state index contributed by atoms with van der Waals surface area (Å²) in [5, 5.41) is 0. The van der Waals surface area contributed by atoms with Crippen LogP contribution in [0.15, 0.2) is 63.3 Å². The number of rotatable bonds is 65. The SMILES string of the molecule is C=CCN1C(C)(C)CC(N(CCCCCCN(c2nc(N(CCCC)C3CC(C)(C)N(CC=C)C(C)(C)C3)nc(N(CCCCCCN(c3nc(N(CCCC)CCCC)nc(N(CCCC)CCCC)n3)C3CC(C)(C)N(CC=C)C(C)(C)C3)C3CC(C)(C)N(CC=C)C(C)(C)C3)n2)C2CC(C)(C)N(CC=C)C(C)(C)C2)c2nc(N(CCCC)CCCC)nc(N(CCCC)CCCC)n2)CC1(C)C. The summed E-state index contributed by atoms with van der Waals surface area (Å²) in [5.74, 6) is 7.57. The second-order valence-corrected chi connectivity index (χ2v) is 49.6. The minimum Gasteiger partial charge on any atom is -0.341 e. The van der Waals surface area contributed by atoms with Crippen molar-refractivity contribution in [3.63, 3.8) is 0 Å². The van der Waals surface area contributed by atoms with Crippen LogP contribution < -0.4 is 44.1 Å². The van der Waals surface area contributed by atoms with Crippen molar-refractivity contribution >= 4 is 53.5 Å². The molecule has 23 heteroatoms. The van der Waals surface area contributed by atoms with Crippen molar-refractivity contribution in [3.05, 3.63) is 63.3 Å². The zero-order valence-electron chi connectivity index (χ0n) is 96.3. The minimum atomic E-state index is -0.170. The predicted molar refractivity (Wildman–Crippen MR) is 607 cm³/mol. The van der Waals surface area contributed by atoms with Gasteiger partial charge in [-0.25, -0.2) is 0 Å². The topological polar surface area (TPSA) is 161 Å². The lowest BCUT2D eigenvalue weighted by Crippen LogP contribution is -2.65. The Bertz CT molecular complexity index is 3740. The number of likely N-dealkylation sites (tertiary alicyclic amines) is 5. The van der Waals surface area contributed by atoms with E-state index in [0.717, 1.165) is 402 Å². The lowest BCUT2D eigenvalue weighted by molar-refractivity contribution is -0.0270. The molecule has 0 aliphatic carbocycles. The van der Waals surface area contributed by atoms with Crippen LogP contribution in [0.3, 0.4) is 0 Å². The molecule has 0 saturated carbocycles. The van der Waals surface area contributed by atoms with Gasteiger partial charge < -0.3 is 44.1 Å². The van der Waals surface area contributed by atoms with E-state index in [-0.39, 0.29) is 85.6 Å². The molecule has 8 rings (SSSR count). The summed E-state index contributed by atoms with van der Waals surface area (Å²) in [7, 11) is 0. The minimum absolute atomic E-state index is 0.105. The predicted octanol–water partition coefficient (Wildman–Crippen LogP) is 26.3. The van der Waals surface area contributed by atoms with E-state index in [1.807, 2.05) is 0 Å². The van der Waals surface area contributed by atoms with E-state index in [4.69, 9.17) is 44.9 Å². The maximum Gasteiger partial charge on any atom is 0.232 e. The third-order valence-electron chi connectivity index (χ3n) is 32.7. The van der Waals surface area contributed by atoms with Gasteiger partial charge in [-0.05, 0) is 286 Å². The Hall–Kier alpha value is -6.27. The first-order valence-electron chi connectivity index (χ1n) is 57.3. The zero-order valence-corrected chi connectivity index (χ0v) is 96.3. The molecule has 0 unspecified atom stereocenters. The van der Waals surface area contributed by atoms with Gasteiger partial charge in [0.05, 0.1) is 0 Å². The van der Waals surface area contributed by atoms with Gasteiger partial charge in [0.2, 0.25) is 53.5 Å².